The lowest BCUT2D eigenvalue weighted by molar-refractivity contribution is -0.274. The molecule has 0 radical (unpaired) electrons. The van der Waals surface area contributed by atoms with Gasteiger partial charge in [0.2, 0.25) is 0 Å². The smallest absolute Gasteiger partial charge is 0.406 e. The Labute approximate surface area is 143 Å². The average Bonchev–Trinajstić information content (AvgIpc) is 2.50. The van der Waals surface area contributed by atoms with Gasteiger partial charge in [0.05, 0.1) is 5.75 Å². The van der Waals surface area contributed by atoms with Gasteiger partial charge < -0.3 is 10.5 Å². The highest BCUT2D eigenvalue weighted by atomic mass is 32.2. The van der Waals surface area contributed by atoms with E-state index in [1.165, 1.54) is 12.1 Å². The molecule has 0 saturated heterocycles. The van der Waals surface area contributed by atoms with Crippen LogP contribution in [-0.4, -0.2) is 12.1 Å². The first-order valence-corrected chi connectivity index (χ1v) is 8.07. The molecule has 2 aromatic rings. The zero-order valence-electron chi connectivity index (χ0n) is 13.2. The van der Waals surface area contributed by atoms with Crippen LogP contribution in [0.1, 0.15) is 12.5 Å². The molecule has 2 aromatic carbocycles. The lowest BCUT2D eigenvalue weighted by atomic mass is 10.00. The quantitative estimate of drug-likeness (QED) is 0.464. The van der Waals surface area contributed by atoms with Crippen molar-refractivity contribution in [1.29, 1.82) is 0 Å². The third kappa shape index (κ3) is 4.87. The van der Waals surface area contributed by atoms with Gasteiger partial charge in [0.25, 0.3) is 0 Å². The van der Waals surface area contributed by atoms with Crippen molar-refractivity contribution < 1.29 is 17.9 Å². The summed E-state index contributed by atoms with van der Waals surface area (Å²) in [4.78, 5) is 1.00. The molecule has 0 amide bonds. The number of anilines is 1. The summed E-state index contributed by atoms with van der Waals surface area (Å²) in [5, 5.41) is 0. The molecule has 6 heteroatoms. The number of thioether (sulfide) groups is 1. The third-order valence-corrected chi connectivity index (χ3v) is 4.28. The molecular formula is C18H16F3NOS. The maximum absolute atomic E-state index is 12.2. The summed E-state index contributed by atoms with van der Waals surface area (Å²) in [5.41, 5.74) is 9.22. The molecule has 0 atom stereocenters. The summed E-state index contributed by atoms with van der Waals surface area (Å²) in [6.07, 6.45) is -4.70. The van der Waals surface area contributed by atoms with E-state index in [0.717, 1.165) is 21.6 Å². The fraction of sp³-hybridized carbons (Fsp3) is 0.222. The zero-order chi connectivity index (χ0) is 17.7. The van der Waals surface area contributed by atoms with Crippen LogP contribution >= 0.6 is 11.8 Å². The molecule has 0 aromatic heterocycles. The second-order valence-electron chi connectivity index (χ2n) is 4.98. The SMILES string of the molecule is CC#CCSc1cc(N)cc(-c2ccc(OC(F)(F)F)cc2)c1C. The topological polar surface area (TPSA) is 35.2 Å². The molecule has 2 rings (SSSR count). The van der Waals surface area contributed by atoms with Gasteiger partial charge in [0.15, 0.2) is 0 Å². The molecular weight excluding hydrogens is 335 g/mol. The highest BCUT2D eigenvalue weighted by molar-refractivity contribution is 7.99. The van der Waals surface area contributed by atoms with Crippen molar-refractivity contribution in [3.63, 3.8) is 0 Å². The number of alkyl halides is 3. The summed E-state index contributed by atoms with van der Waals surface area (Å²) in [6.45, 7) is 3.74. The van der Waals surface area contributed by atoms with Crippen molar-refractivity contribution in [3.05, 3.63) is 42.0 Å². The van der Waals surface area contributed by atoms with E-state index in [9.17, 15) is 13.2 Å². The summed E-state index contributed by atoms with van der Waals surface area (Å²) in [5.74, 6) is 6.22. The lowest BCUT2D eigenvalue weighted by Crippen LogP contribution is -2.16. The van der Waals surface area contributed by atoms with E-state index >= 15 is 0 Å². The second kappa shape index (κ2) is 7.54. The third-order valence-electron chi connectivity index (χ3n) is 3.26. The van der Waals surface area contributed by atoms with E-state index in [4.69, 9.17) is 5.73 Å². The van der Waals surface area contributed by atoms with Gasteiger partial charge in [-0.3, -0.25) is 0 Å². The van der Waals surface area contributed by atoms with Crippen molar-refractivity contribution in [1.82, 2.24) is 0 Å². The summed E-state index contributed by atoms with van der Waals surface area (Å²) >= 11 is 1.58. The van der Waals surface area contributed by atoms with Gasteiger partial charge in [-0.25, -0.2) is 0 Å². The van der Waals surface area contributed by atoms with Crippen LogP contribution < -0.4 is 10.5 Å². The molecule has 2 N–H and O–H groups in total. The Morgan fingerprint density at radius 2 is 1.83 bits per heavy atom. The van der Waals surface area contributed by atoms with Crippen molar-refractivity contribution in [3.8, 4) is 28.7 Å². The molecule has 126 valence electrons. The Kier molecular flexibility index (Phi) is 5.68. The molecule has 0 aliphatic carbocycles. The summed E-state index contributed by atoms with van der Waals surface area (Å²) < 4.78 is 40.6. The van der Waals surface area contributed by atoms with Crippen LogP contribution in [0.2, 0.25) is 0 Å². The van der Waals surface area contributed by atoms with Gasteiger partial charge >= 0.3 is 6.36 Å². The van der Waals surface area contributed by atoms with E-state index in [1.807, 2.05) is 19.1 Å². The van der Waals surface area contributed by atoms with E-state index in [1.54, 1.807) is 30.8 Å². The highest BCUT2D eigenvalue weighted by Crippen LogP contribution is 2.35. The minimum Gasteiger partial charge on any atom is -0.406 e. The van der Waals surface area contributed by atoms with Crippen LogP contribution in [0, 0.1) is 18.8 Å². The molecule has 24 heavy (non-hydrogen) atoms. The Morgan fingerprint density at radius 1 is 1.17 bits per heavy atom. The number of nitrogen functional groups attached to an aromatic ring is 1. The number of benzene rings is 2. The van der Waals surface area contributed by atoms with E-state index < -0.39 is 6.36 Å². The van der Waals surface area contributed by atoms with E-state index in [2.05, 4.69) is 16.6 Å². The molecule has 0 saturated carbocycles. The Morgan fingerprint density at radius 3 is 2.42 bits per heavy atom. The Hall–Kier alpha value is -2.26. The first-order chi connectivity index (χ1) is 11.3. The second-order valence-corrected chi connectivity index (χ2v) is 6.00. The van der Waals surface area contributed by atoms with Gasteiger partial charge in [-0.15, -0.1) is 30.9 Å². The van der Waals surface area contributed by atoms with Crippen LogP contribution in [0.3, 0.4) is 0 Å². The van der Waals surface area contributed by atoms with Crippen LogP contribution in [-0.2, 0) is 0 Å². The fourth-order valence-electron chi connectivity index (χ4n) is 2.18. The number of hydrogen-bond donors (Lipinski definition) is 1. The van der Waals surface area contributed by atoms with E-state index in [-0.39, 0.29) is 5.75 Å². The number of nitrogens with two attached hydrogens (primary N) is 1. The number of halogens is 3. The maximum Gasteiger partial charge on any atom is 0.573 e. The average molecular weight is 351 g/mol. The van der Waals surface area contributed by atoms with Crippen LogP contribution in [0.15, 0.2) is 41.3 Å². The Balaban J connectivity index is 2.32. The predicted molar refractivity (Wildman–Crippen MR) is 91.9 cm³/mol. The van der Waals surface area contributed by atoms with Crippen LogP contribution in [0.25, 0.3) is 11.1 Å². The van der Waals surface area contributed by atoms with Crippen LogP contribution in [0.4, 0.5) is 18.9 Å². The molecule has 0 bridgehead atoms. The minimum atomic E-state index is -4.70. The van der Waals surface area contributed by atoms with Crippen molar-refractivity contribution in [2.75, 3.05) is 11.5 Å². The van der Waals surface area contributed by atoms with Crippen LogP contribution in [0.5, 0.6) is 5.75 Å². The first kappa shape index (κ1) is 18.1. The summed E-state index contributed by atoms with van der Waals surface area (Å²) in [7, 11) is 0. The lowest BCUT2D eigenvalue weighted by Gasteiger charge is -2.13. The molecule has 0 unspecified atom stereocenters. The molecule has 2 nitrogen and oxygen atoms in total. The van der Waals surface area contributed by atoms with Crippen molar-refractivity contribution in [2.24, 2.45) is 0 Å². The van der Waals surface area contributed by atoms with E-state index in [0.29, 0.717) is 11.4 Å². The molecule has 0 heterocycles. The molecule has 0 aliphatic heterocycles. The first-order valence-electron chi connectivity index (χ1n) is 7.09. The normalized spacial score (nSPS) is 10.9. The van der Waals surface area contributed by atoms with Crippen molar-refractivity contribution in [2.45, 2.75) is 25.1 Å². The monoisotopic (exact) mass is 351 g/mol. The maximum atomic E-state index is 12.2. The van der Waals surface area contributed by atoms with Crippen molar-refractivity contribution >= 4 is 17.4 Å². The zero-order valence-corrected chi connectivity index (χ0v) is 14.0. The number of ether oxygens (including phenoxy) is 1. The highest BCUT2D eigenvalue weighted by Gasteiger charge is 2.30. The standard InChI is InChI=1S/C18H16F3NOS/c1-3-4-9-24-17-11-14(22)10-16(12(17)2)13-5-7-15(8-6-13)23-18(19,20)21/h5-8,10-11H,9,22H2,1-2H3. The molecule has 0 fully saturated rings. The fourth-order valence-corrected chi connectivity index (χ4v) is 3.10. The van der Waals surface area contributed by atoms with Gasteiger partial charge in [0, 0.05) is 10.6 Å². The van der Waals surface area contributed by atoms with Gasteiger partial charge in [-0.1, -0.05) is 18.1 Å². The van der Waals surface area contributed by atoms with Gasteiger partial charge in [-0.05, 0) is 54.8 Å². The minimum absolute atomic E-state index is 0.249. The number of rotatable bonds is 4. The predicted octanol–water partition coefficient (Wildman–Crippen LogP) is 5.26. The van der Waals surface area contributed by atoms with Gasteiger partial charge in [-0.2, -0.15) is 0 Å². The molecule has 0 aliphatic rings. The molecule has 0 spiro atoms. The number of hydrogen-bond acceptors (Lipinski definition) is 3. The Bertz CT molecular complexity index is 774. The van der Waals surface area contributed by atoms with Gasteiger partial charge in [0.1, 0.15) is 5.75 Å². The largest absolute Gasteiger partial charge is 0.573 e. The summed E-state index contributed by atoms with van der Waals surface area (Å²) in [6, 6.07) is 9.44.